The summed E-state index contributed by atoms with van der Waals surface area (Å²) in [7, 11) is 1.66. The molecule has 0 unspecified atom stereocenters. The molecule has 1 aliphatic heterocycles. The lowest BCUT2D eigenvalue weighted by molar-refractivity contribution is -0.127. The number of carbonyl (C=O) groups is 1. The van der Waals surface area contributed by atoms with Crippen LogP contribution >= 0.6 is 0 Å². The van der Waals surface area contributed by atoms with Gasteiger partial charge in [0.15, 0.2) is 0 Å². The molecule has 0 bridgehead atoms. The molecule has 4 heteroatoms. The Bertz CT molecular complexity index is 479. The minimum absolute atomic E-state index is 0.0857. The number of likely N-dealkylation sites (tertiary alicyclic amines) is 1. The van der Waals surface area contributed by atoms with Gasteiger partial charge >= 0.3 is 0 Å². The summed E-state index contributed by atoms with van der Waals surface area (Å²) in [5.41, 5.74) is 2.74. The minimum Gasteiger partial charge on any atom is -0.383 e. The van der Waals surface area contributed by atoms with E-state index in [1.807, 2.05) is 6.92 Å². The van der Waals surface area contributed by atoms with Crippen molar-refractivity contribution >= 4 is 5.91 Å². The highest BCUT2D eigenvalue weighted by Gasteiger charge is 2.25. The number of nitrogens with zero attached hydrogens (tertiary/aromatic N) is 1. The highest BCUT2D eigenvalue weighted by molar-refractivity contribution is 5.79. The van der Waals surface area contributed by atoms with Gasteiger partial charge in [0.2, 0.25) is 5.91 Å². The van der Waals surface area contributed by atoms with E-state index in [0.717, 1.165) is 38.9 Å². The Morgan fingerprint density at radius 1 is 1.26 bits per heavy atom. The number of benzene rings is 1. The van der Waals surface area contributed by atoms with Crippen molar-refractivity contribution in [3.05, 3.63) is 35.4 Å². The van der Waals surface area contributed by atoms with Crippen LogP contribution in [0.15, 0.2) is 24.3 Å². The molecule has 1 saturated heterocycles. The summed E-state index contributed by atoms with van der Waals surface area (Å²) in [5.74, 6) is 0.328. The number of ether oxygens (including phenoxy) is 1. The second-order valence-corrected chi connectivity index (χ2v) is 6.59. The molecule has 1 heterocycles. The number of methoxy groups -OCH3 is 1. The van der Waals surface area contributed by atoms with Gasteiger partial charge in [-0.15, -0.1) is 0 Å². The number of hydrogen-bond acceptors (Lipinski definition) is 3. The Labute approximate surface area is 140 Å². The Hall–Kier alpha value is -1.39. The molecule has 23 heavy (non-hydrogen) atoms. The van der Waals surface area contributed by atoms with Crippen molar-refractivity contribution < 1.29 is 9.53 Å². The molecule has 4 nitrogen and oxygen atoms in total. The molecule has 0 spiro atoms. The van der Waals surface area contributed by atoms with Gasteiger partial charge in [0.05, 0.1) is 6.61 Å². The summed E-state index contributed by atoms with van der Waals surface area (Å²) in [6.07, 6.45) is 2.97. The summed E-state index contributed by atoms with van der Waals surface area (Å²) in [6, 6.07) is 8.97. The molecule has 1 aliphatic rings. The van der Waals surface area contributed by atoms with Crippen LogP contribution in [0.4, 0.5) is 0 Å². The van der Waals surface area contributed by atoms with Gasteiger partial charge in [-0.3, -0.25) is 9.69 Å². The largest absolute Gasteiger partial charge is 0.383 e. The third kappa shape index (κ3) is 5.63. The van der Waals surface area contributed by atoms with Crippen molar-refractivity contribution in [1.82, 2.24) is 10.2 Å². The fourth-order valence-electron chi connectivity index (χ4n) is 3.14. The summed E-state index contributed by atoms with van der Waals surface area (Å²) in [4.78, 5) is 14.7. The number of carbonyl (C=O) groups excluding carboxylic acids is 1. The second kappa shape index (κ2) is 9.04. The van der Waals surface area contributed by atoms with E-state index >= 15 is 0 Å². The molecule has 1 aromatic carbocycles. The first-order chi connectivity index (χ1) is 11.1. The number of nitrogens with one attached hydrogen (secondary N) is 1. The standard InChI is InChI=1S/C19H30N2O2/c1-4-16-5-7-17(8-6-16)13-21-11-9-18(10-12-21)19(22)20-15(2)14-23-3/h5-8,15,18H,4,9-14H2,1-3H3,(H,20,22)/t15-/m1/s1. The number of aryl methyl sites for hydroxylation is 1. The summed E-state index contributed by atoms with van der Waals surface area (Å²) >= 11 is 0. The fourth-order valence-corrected chi connectivity index (χ4v) is 3.14. The maximum atomic E-state index is 12.2. The lowest BCUT2D eigenvalue weighted by Crippen LogP contribution is -2.44. The van der Waals surface area contributed by atoms with Gasteiger partial charge in [-0.1, -0.05) is 31.2 Å². The van der Waals surface area contributed by atoms with E-state index in [0.29, 0.717) is 6.61 Å². The van der Waals surface area contributed by atoms with E-state index in [1.165, 1.54) is 11.1 Å². The highest BCUT2D eigenvalue weighted by atomic mass is 16.5. The maximum Gasteiger partial charge on any atom is 0.223 e. The van der Waals surface area contributed by atoms with Crippen molar-refractivity contribution in [3.8, 4) is 0 Å². The predicted molar refractivity (Wildman–Crippen MR) is 93.3 cm³/mol. The minimum atomic E-state index is 0.0857. The van der Waals surface area contributed by atoms with E-state index in [1.54, 1.807) is 7.11 Å². The van der Waals surface area contributed by atoms with Crippen LogP contribution in [0.5, 0.6) is 0 Å². The lowest BCUT2D eigenvalue weighted by Gasteiger charge is -2.31. The molecule has 1 amide bonds. The number of rotatable bonds is 7. The van der Waals surface area contributed by atoms with Crippen LogP contribution in [0.25, 0.3) is 0 Å². The molecule has 1 atom stereocenters. The van der Waals surface area contributed by atoms with Gasteiger partial charge in [-0.2, -0.15) is 0 Å². The van der Waals surface area contributed by atoms with Crippen LogP contribution in [0.2, 0.25) is 0 Å². The van der Waals surface area contributed by atoms with Crippen LogP contribution < -0.4 is 5.32 Å². The van der Waals surface area contributed by atoms with Gasteiger partial charge in [0, 0.05) is 25.6 Å². The Kier molecular flexibility index (Phi) is 7.06. The Morgan fingerprint density at radius 3 is 2.43 bits per heavy atom. The third-order valence-corrected chi connectivity index (χ3v) is 4.60. The molecule has 1 fully saturated rings. The van der Waals surface area contributed by atoms with Gasteiger partial charge < -0.3 is 10.1 Å². The third-order valence-electron chi connectivity index (χ3n) is 4.60. The van der Waals surface area contributed by atoms with E-state index in [-0.39, 0.29) is 17.9 Å². The van der Waals surface area contributed by atoms with Crippen LogP contribution in [-0.2, 0) is 22.5 Å². The first kappa shape index (κ1) is 18.0. The topological polar surface area (TPSA) is 41.6 Å². The van der Waals surface area contributed by atoms with Gasteiger partial charge in [0.25, 0.3) is 0 Å². The smallest absolute Gasteiger partial charge is 0.223 e. The molecule has 0 aliphatic carbocycles. The molecule has 0 radical (unpaired) electrons. The Morgan fingerprint density at radius 2 is 1.87 bits per heavy atom. The fraction of sp³-hybridized carbons (Fsp3) is 0.632. The molecular formula is C19H30N2O2. The van der Waals surface area contributed by atoms with Crippen molar-refractivity contribution in [2.75, 3.05) is 26.8 Å². The average molecular weight is 318 g/mol. The Balaban J connectivity index is 1.75. The molecule has 1 aromatic rings. The van der Waals surface area contributed by atoms with E-state index in [9.17, 15) is 4.79 Å². The first-order valence-corrected chi connectivity index (χ1v) is 8.71. The predicted octanol–water partition coefficient (Wildman–Crippen LogP) is 2.61. The van der Waals surface area contributed by atoms with E-state index in [4.69, 9.17) is 4.74 Å². The molecule has 1 N–H and O–H groups in total. The quantitative estimate of drug-likeness (QED) is 0.840. The molecule has 0 saturated carbocycles. The number of piperidine rings is 1. The summed E-state index contributed by atoms with van der Waals surface area (Å²) in [5, 5.41) is 3.05. The van der Waals surface area contributed by atoms with Gasteiger partial charge in [-0.05, 0) is 50.4 Å². The van der Waals surface area contributed by atoms with Crippen LogP contribution in [0.3, 0.4) is 0 Å². The zero-order valence-corrected chi connectivity index (χ0v) is 14.7. The monoisotopic (exact) mass is 318 g/mol. The normalized spacial score (nSPS) is 17.9. The second-order valence-electron chi connectivity index (χ2n) is 6.59. The van der Waals surface area contributed by atoms with Crippen molar-refractivity contribution in [2.45, 2.75) is 45.7 Å². The van der Waals surface area contributed by atoms with Crippen molar-refractivity contribution in [1.29, 1.82) is 0 Å². The zero-order valence-electron chi connectivity index (χ0n) is 14.7. The molecule has 0 aromatic heterocycles. The van der Waals surface area contributed by atoms with Gasteiger partial charge in [0.1, 0.15) is 0 Å². The van der Waals surface area contributed by atoms with E-state index < -0.39 is 0 Å². The summed E-state index contributed by atoms with van der Waals surface area (Å²) in [6.45, 7) is 7.70. The van der Waals surface area contributed by atoms with Gasteiger partial charge in [-0.25, -0.2) is 0 Å². The molecule has 2 rings (SSSR count). The maximum absolute atomic E-state index is 12.2. The zero-order chi connectivity index (χ0) is 16.7. The van der Waals surface area contributed by atoms with Crippen molar-refractivity contribution in [2.24, 2.45) is 5.92 Å². The summed E-state index contributed by atoms with van der Waals surface area (Å²) < 4.78 is 5.07. The average Bonchev–Trinajstić information content (AvgIpc) is 2.56. The van der Waals surface area contributed by atoms with Crippen LogP contribution in [0.1, 0.15) is 37.8 Å². The SMILES string of the molecule is CCc1ccc(CN2CCC(C(=O)N[C@H](C)COC)CC2)cc1. The number of hydrogen-bond donors (Lipinski definition) is 1. The molecule has 128 valence electrons. The van der Waals surface area contributed by atoms with Crippen LogP contribution in [-0.4, -0.2) is 43.7 Å². The van der Waals surface area contributed by atoms with Crippen molar-refractivity contribution in [3.63, 3.8) is 0 Å². The van der Waals surface area contributed by atoms with E-state index in [2.05, 4.69) is 41.4 Å². The number of amides is 1. The first-order valence-electron chi connectivity index (χ1n) is 8.71. The molecular weight excluding hydrogens is 288 g/mol. The lowest BCUT2D eigenvalue weighted by atomic mass is 9.95. The highest BCUT2D eigenvalue weighted by Crippen LogP contribution is 2.19. The van der Waals surface area contributed by atoms with Crippen LogP contribution in [0, 0.1) is 5.92 Å².